The Balaban J connectivity index is 1.80. The molecular weight excluding hydrogens is 328 g/mol. The molecule has 4 nitrogen and oxygen atoms in total. The number of halogens is 1. The zero-order valence-electron chi connectivity index (χ0n) is 11.3. The summed E-state index contributed by atoms with van der Waals surface area (Å²) in [4.78, 5) is 4.52. The van der Waals surface area contributed by atoms with Gasteiger partial charge in [-0.1, -0.05) is 11.6 Å². The van der Waals surface area contributed by atoms with Gasteiger partial charge >= 0.3 is 0 Å². The van der Waals surface area contributed by atoms with Crippen LogP contribution in [0.25, 0.3) is 0 Å². The number of thiazole rings is 1. The lowest BCUT2D eigenvalue weighted by atomic mass is 10.4. The maximum Gasteiger partial charge on any atom is 0.243 e. The second-order valence-electron chi connectivity index (χ2n) is 4.98. The van der Waals surface area contributed by atoms with E-state index in [0.717, 1.165) is 17.8 Å². The minimum atomic E-state index is -3.46. The summed E-state index contributed by atoms with van der Waals surface area (Å²) in [5.74, 6) is 0. The highest BCUT2D eigenvalue weighted by Crippen LogP contribution is 2.32. The molecule has 1 fully saturated rings. The van der Waals surface area contributed by atoms with Gasteiger partial charge in [0.05, 0.1) is 9.90 Å². The minimum absolute atomic E-state index is 0.130. The molecule has 0 atom stereocenters. The molecule has 1 aliphatic rings. The van der Waals surface area contributed by atoms with Crippen molar-refractivity contribution >= 4 is 33.0 Å². The van der Waals surface area contributed by atoms with E-state index in [-0.39, 0.29) is 6.04 Å². The van der Waals surface area contributed by atoms with E-state index < -0.39 is 10.0 Å². The van der Waals surface area contributed by atoms with Crippen molar-refractivity contribution in [3.8, 4) is 0 Å². The van der Waals surface area contributed by atoms with Gasteiger partial charge in [-0.25, -0.2) is 13.4 Å². The van der Waals surface area contributed by atoms with Crippen LogP contribution < -0.4 is 0 Å². The van der Waals surface area contributed by atoms with E-state index in [1.165, 1.54) is 0 Å². The Kier molecular flexibility index (Phi) is 4.31. The van der Waals surface area contributed by atoms with E-state index in [1.54, 1.807) is 46.1 Å². The normalized spacial score (nSPS) is 15.5. The predicted octanol–water partition coefficient (Wildman–Crippen LogP) is 3.19. The zero-order valence-corrected chi connectivity index (χ0v) is 13.7. The molecular formula is C14H15ClN2O2S2. The van der Waals surface area contributed by atoms with Crippen LogP contribution in [0.2, 0.25) is 5.02 Å². The van der Waals surface area contributed by atoms with E-state index in [2.05, 4.69) is 4.98 Å². The Labute approximate surface area is 133 Å². The number of aromatic nitrogens is 1. The first-order valence-corrected chi connectivity index (χ1v) is 9.43. The molecule has 1 aromatic heterocycles. The Morgan fingerprint density at radius 3 is 2.57 bits per heavy atom. The number of benzene rings is 1. The number of hydrogen-bond donors (Lipinski definition) is 0. The molecule has 3 rings (SSSR count). The molecule has 0 bridgehead atoms. The van der Waals surface area contributed by atoms with Crippen molar-refractivity contribution in [1.29, 1.82) is 0 Å². The number of sulfonamides is 1. The fourth-order valence-corrected chi connectivity index (χ4v) is 4.61. The second kappa shape index (κ2) is 6.04. The lowest BCUT2D eigenvalue weighted by molar-refractivity contribution is 0.407. The summed E-state index contributed by atoms with van der Waals surface area (Å²) < 4.78 is 27.1. The average Bonchev–Trinajstić information content (AvgIpc) is 3.14. The van der Waals surface area contributed by atoms with E-state index >= 15 is 0 Å². The Hall–Kier alpha value is -0.950. The zero-order chi connectivity index (χ0) is 14.9. The van der Waals surface area contributed by atoms with E-state index in [4.69, 9.17) is 11.6 Å². The fourth-order valence-electron chi connectivity index (χ4n) is 2.19. The third-order valence-electron chi connectivity index (χ3n) is 3.40. The van der Waals surface area contributed by atoms with Crippen molar-refractivity contribution < 1.29 is 8.42 Å². The topological polar surface area (TPSA) is 50.3 Å². The second-order valence-corrected chi connectivity index (χ2v) is 8.28. The van der Waals surface area contributed by atoms with E-state index in [0.29, 0.717) is 22.9 Å². The molecule has 0 spiro atoms. The van der Waals surface area contributed by atoms with Gasteiger partial charge in [-0.3, -0.25) is 0 Å². The Bertz CT molecular complexity index is 695. The lowest BCUT2D eigenvalue weighted by Crippen LogP contribution is -2.34. The van der Waals surface area contributed by atoms with Crippen LogP contribution in [-0.4, -0.2) is 30.3 Å². The summed E-state index contributed by atoms with van der Waals surface area (Å²) in [6.07, 6.45) is 4.27. The van der Waals surface area contributed by atoms with Gasteiger partial charge in [0.15, 0.2) is 0 Å². The fraction of sp³-hybridized carbons (Fsp3) is 0.357. The van der Waals surface area contributed by atoms with Crippen LogP contribution in [0.5, 0.6) is 0 Å². The summed E-state index contributed by atoms with van der Waals surface area (Å²) in [6.45, 7) is 0.475. The third kappa shape index (κ3) is 3.45. The Morgan fingerprint density at radius 1 is 1.29 bits per heavy atom. The summed E-state index contributed by atoms with van der Waals surface area (Å²) in [5, 5.41) is 3.41. The first-order chi connectivity index (χ1) is 10.1. The number of rotatable bonds is 6. The van der Waals surface area contributed by atoms with Gasteiger partial charge in [0.1, 0.15) is 0 Å². The van der Waals surface area contributed by atoms with Gasteiger partial charge in [-0.15, -0.1) is 11.3 Å². The molecule has 1 aliphatic carbocycles. The van der Waals surface area contributed by atoms with Crippen LogP contribution in [-0.2, 0) is 16.4 Å². The van der Waals surface area contributed by atoms with Crippen molar-refractivity contribution in [3.05, 3.63) is 45.9 Å². The molecule has 0 amide bonds. The largest absolute Gasteiger partial charge is 0.250 e. The van der Waals surface area contributed by atoms with Gasteiger partial charge < -0.3 is 0 Å². The van der Waals surface area contributed by atoms with Crippen molar-refractivity contribution in [1.82, 2.24) is 9.29 Å². The molecule has 7 heteroatoms. The van der Waals surface area contributed by atoms with Crippen molar-refractivity contribution in [2.45, 2.75) is 30.2 Å². The minimum Gasteiger partial charge on any atom is -0.250 e. The van der Waals surface area contributed by atoms with E-state index in [1.807, 2.05) is 5.38 Å². The highest BCUT2D eigenvalue weighted by atomic mass is 35.5. The molecule has 2 aromatic rings. The van der Waals surface area contributed by atoms with Crippen LogP contribution >= 0.6 is 22.9 Å². The van der Waals surface area contributed by atoms with Gasteiger partial charge in [0, 0.05) is 35.6 Å². The Morgan fingerprint density at radius 2 is 2.00 bits per heavy atom. The summed E-state index contributed by atoms with van der Waals surface area (Å²) in [5.41, 5.74) is 0. The lowest BCUT2D eigenvalue weighted by Gasteiger charge is -2.21. The van der Waals surface area contributed by atoms with Crippen molar-refractivity contribution in [2.75, 3.05) is 6.54 Å². The first kappa shape index (κ1) is 15.0. The number of nitrogens with zero attached hydrogens (tertiary/aromatic N) is 2. The number of hydrogen-bond acceptors (Lipinski definition) is 4. The van der Waals surface area contributed by atoms with Crippen molar-refractivity contribution in [3.63, 3.8) is 0 Å². The molecule has 0 unspecified atom stereocenters. The van der Waals surface area contributed by atoms with Gasteiger partial charge in [0.25, 0.3) is 0 Å². The third-order valence-corrected chi connectivity index (χ3v) is 6.46. The van der Waals surface area contributed by atoms with E-state index in [9.17, 15) is 8.42 Å². The summed E-state index contributed by atoms with van der Waals surface area (Å²) >= 11 is 7.38. The molecule has 0 aliphatic heterocycles. The predicted molar refractivity (Wildman–Crippen MR) is 84.2 cm³/mol. The highest BCUT2D eigenvalue weighted by Gasteiger charge is 2.37. The van der Waals surface area contributed by atoms with Gasteiger partial charge in [-0.2, -0.15) is 4.31 Å². The molecule has 21 heavy (non-hydrogen) atoms. The summed E-state index contributed by atoms with van der Waals surface area (Å²) in [7, 11) is -3.46. The maximum atomic E-state index is 12.8. The summed E-state index contributed by atoms with van der Waals surface area (Å²) in [6, 6.07) is 6.48. The standard InChI is InChI=1S/C14H15ClN2O2S2/c15-11-1-5-13(6-2-11)21(18,19)17(12-3-4-12)9-7-14-16-8-10-20-14/h1-2,5-6,8,10,12H,3-4,7,9H2. The quantitative estimate of drug-likeness (QED) is 0.810. The smallest absolute Gasteiger partial charge is 0.243 e. The maximum absolute atomic E-state index is 12.8. The van der Waals surface area contributed by atoms with Crippen LogP contribution in [0.4, 0.5) is 0 Å². The first-order valence-electron chi connectivity index (χ1n) is 6.73. The molecule has 1 heterocycles. The molecule has 0 N–H and O–H groups in total. The molecule has 0 radical (unpaired) electrons. The average molecular weight is 343 g/mol. The van der Waals surface area contributed by atoms with Crippen LogP contribution in [0.3, 0.4) is 0 Å². The molecule has 1 aromatic carbocycles. The van der Waals surface area contributed by atoms with Gasteiger partial charge in [0.2, 0.25) is 10.0 Å². The van der Waals surface area contributed by atoms with Crippen LogP contribution in [0.1, 0.15) is 17.8 Å². The highest BCUT2D eigenvalue weighted by molar-refractivity contribution is 7.89. The molecule has 112 valence electrons. The monoisotopic (exact) mass is 342 g/mol. The van der Waals surface area contributed by atoms with Crippen LogP contribution in [0, 0.1) is 0 Å². The van der Waals surface area contributed by atoms with Crippen molar-refractivity contribution in [2.24, 2.45) is 0 Å². The SMILES string of the molecule is O=S(=O)(c1ccc(Cl)cc1)N(CCc1nccs1)C1CC1. The molecule has 1 saturated carbocycles. The van der Waals surface area contributed by atoms with Crippen LogP contribution in [0.15, 0.2) is 40.7 Å². The molecule has 0 saturated heterocycles. The van der Waals surface area contributed by atoms with Gasteiger partial charge in [-0.05, 0) is 37.1 Å².